The zero-order valence-electron chi connectivity index (χ0n) is 9.44. The zero-order chi connectivity index (χ0) is 11.9. The topological polar surface area (TPSA) is 46.6 Å². The van der Waals surface area contributed by atoms with Gasteiger partial charge in [-0.25, -0.2) is 4.79 Å². The maximum Gasteiger partial charge on any atom is 0.350 e. The third kappa shape index (κ3) is 1.51. The molecular formula is C11H13NO3S. The van der Waals surface area contributed by atoms with Crippen molar-refractivity contribution in [2.45, 2.75) is 13.8 Å². The molecule has 1 aliphatic heterocycles. The van der Waals surface area contributed by atoms with E-state index in [9.17, 15) is 9.59 Å². The van der Waals surface area contributed by atoms with Crippen LogP contribution in [0.25, 0.3) is 0 Å². The fourth-order valence-corrected chi connectivity index (χ4v) is 2.58. The Balaban J connectivity index is 2.27. The van der Waals surface area contributed by atoms with Gasteiger partial charge in [0.1, 0.15) is 4.88 Å². The summed E-state index contributed by atoms with van der Waals surface area (Å²) in [7, 11) is 1.34. The van der Waals surface area contributed by atoms with Crippen molar-refractivity contribution in [1.29, 1.82) is 0 Å². The lowest BCUT2D eigenvalue weighted by molar-refractivity contribution is -0.132. The van der Waals surface area contributed by atoms with Gasteiger partial charge in [-0.3, -0.25) is 4.79 Å². The van der Waals surface area contributed by atoms with E-state index < -0.39 is 0 Å². The highest BCUT2D eigenvalue weighted by Crippen LogP contribution is 2.38. The van der Waals surface area contributed by atoms with Crippen molar-refractivity contribution in [3.63, 3.8) is 0 Å². The fourth-order valence-electron chi connectivity index (χ4n) is 1.76. The molecule has 0 bridgehead atoms. The second-order valence-corrected chi connectivity index (χ2v) is 5.32. The smallest absolute Gasteiger partial charge is 0.350 e. The molecule has 1 saturated heterocycles. The molecule has 16 heavy (non-hydrogen) atoms. The molecule has 86 valence electrons. The van der Waals surface area contributed by atoms with Crippen molar-refractivity contribution in [2.24, 2.45) is 5.41 Å². The number of anilines is 1. The van der Waals surface area contributed by atoms with Crippen LogP contribution in [0.5, 0.6) is 0 Å². The van der Waals surface area contributed by atoms with Gasteiger partial charge < -0.3 is 9.64 Å². The first kappa shape index (κ1) is 11.1. The van der Waals surface area contributed by atoms with Crippen LogP contribution in [-0.4, -0.2) is 25.5 Å². The second-order valence-electron chi connectivity index (χ2n) is 4.40. The lowest BCUT2D eigenvalue weighted by Gasteiger charge is -2.44. The van der Waals surface area contributed by atoms with Gasteiger partial charge in [0.2, 0.25) is 5.91 Å². The minimum Gasteiger partial charge on any atom is -0.465 e. The third-order valence-electron chi connectivity index (χ3n) is 2.68. The molecule has 0 saturated carbocycles. The average molecular weight is 239 g/mol. The lowest BCUT2D eigenvalue weighted by atomic mass is 9.83. The molecule has 1 fully saturated rings. The number of carbonyl (C=O) groups is 2. The molecule has 0 aliphatic carbocycles. The summed E-state index contributed by atoms with van der Waals surface area (Å²) >= 11 is 1.29. The summed E-state index contributed by atoms with van der Waals surface area (Å²) in [5.41, 5.74) is 0.358. The summed E-state index contributed by atoms with van der Waals surface area (Å²) in [5, 5.41) is 1.79. The van der Waals surface area contributed by atoms with Crippen LogP contribution in [0.4, 0.5) is 5.69 Å². The van der Waals surface area contributed by atoms with E-state index in [-0.39, 0.29) is 17.3 Å². The number of nitrogens with zero attached hydrogens (tertiary/aromatic N) is 1. The van der Waals surface area contributed by atoms with Gasteiger partial charge in [-0.1, -0.05) is 0 Å². The van der Waals surface area contributed by atoms with Crippen LogP contribution in [0.3, 0.4) is 0 Å². The van der Waals surface area contributed by atoms with E-state index in [4.69, 9.17) is 0 Å². The van der Waals surface area contributed by atoms with Crippen molar-refractivity contribution >= 4 is 28.9 Å². The predicted octanol–water partition coefficient (Wildman–Crippen LogP) is 1.91. The second kappa shape index (κ2) is 3.59. The first-order valence-electron chi connectivity index (χ1n) is 4.95. The Hall–Kier alpha value is -1.36. The maximum atomic E-state index is 11.8. The van der Waals surface area contributed by atoms with E-state index in [2.05, 4.69) is 4.74 Å². The number of esters is 1. The molecule has 0 radical (unpaired) electrons. The number of carbonyl (C=O) groups excluding carboxylic acids is 2. The summed E-state index contributed by atoms with van der Waals surface area (Å²) < 4.78 is 4.67. The highest BCUT2D eigenvalue weighted by Gasteiger charge is 2.46. The average Bonchev–Trinajstić information content (AvgIpc) is 2.73. The van der Waals surface area contributed by atoms with Crippen LogP contribution in [0.2, 0.25) is 0 Å². The Morgan fingerprint density at radius 3 is 2.75 bits per heavy atom. The molecule has 0 N–H and O–H groups in total. The van der Waals surface area contributed by atoms with Crippen molar-refractivity contribution in [1.82, 2.24) is 0 Å². The van der Waals surface area contributed by atoms with Gasteiger partial charge in [-0.05, 0) is 25.3 Å². The summed E-state index contributed by atoms with van der Waals surface area (Å²) in [6, 6.07) is 1.78. The number of thiophene rings is 1. The van der Waals surface area contributed by atoms with Crippen molar-refractivity contribution in [2.75, 3.05) is 18.6 Å². The number of methoxy groups -OCH3 is 1. The number of rotatable bonds is 2. The standard InChI is InChI=1S/C11H13NO3S/c1-11(2)6-12(10(11)14)7-4-5-16-8(7)9(13)15-3/h4-5H,6H2,1-3H3. The lowest BCUT2D eigenvalue weighted by Crippen LogP contribution is -2.58. The highest BCUT2D eigenvalue weighted by molar-refractivity contribution is 7.12. The third-order valence-corrected chi connectivity index (χ3v) is 3.57. The number of hydrogen-bond acceptors (Lipinski definition) is 4. The first-order chi connectivity index (χ1) is 7.47. The summed E-state index contributed by atoms with van der Waals surface area (Å²) in [6.45, 7) is 4.44. The van der Waals surface area contributed by atoms with Crippen LogP contribution in [0, 0.1) is 5.41 Å². The Labute approximate surface area is 97.8 Å². The number of ether oxygens (including phenoxy) is 1. The molecular weight excluding hydrogens is 226 g/mol. The highest BCUT2D eigenvalue weighted by atomic mass is 32.1. The molecule has 1 aliphatic rings. The van der Waals surface area contributed by atoms with Crippen LogP contribution >= 0.6 is 11.3 Å². The van der Waals surface area contributed by atoms with E-state index in [1.807, 2.05) is 13.8 Å². The van der Waals surface area contributed by atoms with Crippen molar-refractivity contribution in [3.05, 3.63) is 16.3 Å². The van der Waals surface area contributed by atoms with Gasteiger partial charge in [-0.15, -0.1) is 11.3 Å². The Kier molecular flexibility index (Phi) is 2.50. The van der Waals surface area contributed by atoms with E-state index in [1.165, 1.54) is 18.4 Å². The van der Waals surface area contributed by atoms with Gasteiger partial charge in [0.15, 0.2) is 0 Å². The van der Waals surface area contributed by atoms with Crippen LogP contribution in [0.15, 0.2) is 11.4 Å². The molecule has 1 amide bonds. The monoisotopic (exact) mass is 239 g/mol. The van der Waals surface area contributed by atoms with Crippen molar-refractivity contribution in [3.8, 4) is 0 Å². The van der Waals surface area contributed by atoms with E-state index in [0.717, 1.165) is 0 Å². The van der Waals surface area contributed by atoms with Crippen LogP contribution in [0.1, 0.15) is 23.5 Å². The zero-order valence-corrected chi connectivity index (χ0v) is 10.3. The minimum absolute atomic E-state index is 0.0519. The van der Waals surface area contributed by atoms with Gasteiger partial charge in [0.25, 0.3) is 0 Å². The van der Waals surface area contributed by atoms with Crippen LogP contribution in [-0.2, 0) is 9.53 Å². The molecule has 1 aromatic rings. The van der Waals surface area contributed by atoms with Crippen LogP contribution < -0.4 is 4.90 Å². The maximum absolute atomic E-state index is 11.8. The molecule has 0 unspecified atom stereocenters. The van der Waals surface area contributed by atoms with Gasteiger partial charge in [0.05, 0.1) is 18.2 Å². The molecule has 2 rings (SSSR count). The normalized spacial score (nSPS) is 18.2. The molecule has 0 aromatic carbocycles. The fraction of sp³-hybridized carbons (Fsp3) is 0.455. The molecule has 4 nitrogen and oxygen atoms in total. The Bertz CT molecular complexity index is 450. The molecule has 1 aromatic heterocycles. The number of hydrogen-bond donors (Lipinski definition) is 0. The number of β-lactam (4-membered cyclic amide) rings is 1. The molecule has 0 atom stereocenters. The van der Waals surface area contributed by atoms with E-state index in [0.29, 0.717) is 17.1 Å². The summed E-state index contributed by atoms with van der Waals surface area (Å²) in [6.07, 6.45) is 0. The first-order valence-corrected chi connectivity index (χ1v) is 5.83. The largest absolute Gasteiger partial charge is 0.465 e. The van der Waals surface area contributed by atoms with Gasteiger partial charge in [-0.2, -0.15) is 0 Å². The Morgan fingerprint density at radius 1 is 1.56 bits per heavy atom. The predicted molar refractivity (Wildman–Crippen MR) is 61.8 cm³/mol. The SMILES string of the molecule is COC(=O)c1sccc1N1CC(C)(C)C1=O. The van der Waals surface area contributed by atoms with E-state index >= 15 is 0 Å². The minimum atomic E-state index is -0.387. The van der Waals surface area contributed by atoms with Crippen molar-refractivity contribution < 1.29 is 14.3 Å². The number of amides is 1. The summed E-state index contributed by atoms with van der Waals surface area (Å²) in [4.78, 5) is 25.4. The Morgan fingerprint density at radius 2 is 2.25 bits per heavy atom. The summed E-state index contributed by atoms with van der Waals surface area (Å²) in [5.74, 6) is -0.335. The van der Waals surface area contributed by atoms with Gasteiger partial charge >= 0.3 is 5.97 Å². The quantitative estimate of drug-likeness (QED) is 0.585. The molecule has 0 spiro atoms. The van der Waals surface area contributed by atoms with E-state index in [1.54, 1.807) is 16.3 Å². The molecule has 2 heterocycles. The molecule has 5 heteroatoms. The van der Waals surface area contributed by atoms with Gasteiger partial charge in [0, 0.05) is 6.54 Å².